The second-order valence-corrected chi connectivity index (χ2v) is 6.22. The van der Waals surface area contributed by atoms with Gasteiger partial charge in [-0.15, -0.1) is 0 Å². The minimum Gasteiger partial charge on any atom is -0.409 e. The van der Waals surface area contributed by atoms with Gasteiger partial charge in [0.2, 0.25) is 0 Å². The zero-order chi connectivity index (χ0) is 14.7. The van der Waals surface area contributed by atoms with Gasteiger partial charge >= 0.3 is 0 Å². The Hall–Kier alpha value is -1.62. The molecule has 1 aromatic heterocycles. The number of nitrogens with zero attached hydrogens (tertiary/aromatic N) is 3. The van der Waals surface area contributed by atoms with Crippen LogP contribution in [0, 0.1) is 5.92 Å². The van der Waals surface area contributed by atoms with Crippen molar-refractivity contribution in [2.75, 3.05) is 6.54 Å². The number of hydrogen-bond acceptors (Lipinski definition) is 4. The Labute approximate surface area is 125 Å². The van der Waals surface area contributed by atoms with Crippen LogP contribution in [-0.4, -0.2) is 33.5 Å². The van der Waals surface area contributed by atoms with Crippen LogP contribution in [0.15, 0.2) is 23.5 Å². The number of oxime groups is 1. The van der Waals surface area contributed by atoms with Crippen LogP contribution in [0.5, 0.6) is 0 Å². The molecule has 1 saturated carbocycles. The minimum absolute atomic E-state index is 0.0998. The van der Waals surface area contributed by atoms with Gasteiger partial charge in [-0.3, -0.25) is 9.88 Å². The number of nitrogens with two attached hydrogens (primary N) is 1. The van der Waals surface area contributed by atoms with Crippen molar-refractivity contribution in [2.45, 2.75) is 51.1 Å². The van der Waals surface area contributed by atoms with E-state index in [4.69, 9.17) is 10.9 Å². The fourth-order valence-electron chi connectivity index (χ4n) is 3.99. The maximum absolute atomic E-state index is 8.92. The molecular formula is C16H24N4O. The molecule has 3 rings (SSSR count). The lowest BCUT2D eigenvalue weighted by molar-refractivity contribution is 0.0546. The van der Waals surface area contributed by atoms with Crippen molar-refractivity contribution in [1.82, 2.24) is 9.88 Å². The van der Waals surface area contributed by atoms with Gasteiger partial charge in [-0.25, -0.2) is 0 Å². The lowest BCUT2D eigenvalue weighted by Crippen LogP contribution is -2.46. The van der Waals surface area contributed by atoms with E-state index in [0.717, 1.165) is 24.6 Å². The summed E-state index contributed by atoms with van der Waals surface area (Å²) < 4.78 is 0. The topological polar surface area (TPSA) is 74.7 Å². The van der Waals surface area contributed by atoms with Crippen molar-refractivity contribution in [2.24, 2.45) is 16.8 Å². The molecule has 1 aliphatic carbocycles. The lowest BCUT2D eigenvalue weighted by Gasteiger charge is -2.44. The fourth-order valence-corrected chi connectivity index (χ4v) is 3.99. The largest absolute Gasteiger partial charge is 0.409 e. The van der Waals surface area contributed by atoms with Gasteiger partial charge in [0.15, 0.2) is 5.84 Å². The summed E-state index contributed by atoms with van der Waals surface area (Å²) in [6.45, 7) is 1.99. The highest BCUT2D eigenvalue weighted by Gasteiger charge is 2.33. The van der Waals surface area contributed by atoms with Crippen LogP contribution >= 0.6 is 0 Å². The average molecular weight is 288 g/mol. The Morgan fingerprint density at radius 2 is 2.14 bits per heavy atom. The number of pyridine rings is 1. The fraction of sp³-hybridized carbons (Fsp3) is 0.625. The zero-order valence-electron chi connectivity index (χ0n) is 12.4. The van der Waals surface area contributed by atoms with E-state index >= 15 is 0 Å². The zero-order valence-corrected chi connectivity index (χ0v) is 12.4. The predicted molar refractivity (Wildman–Crippen MR) is 82.1 cm³/mol. The van der Waals surface area contributed by atoms with Crippen LogP contribution in [0.1, 0.15) is 49.8 Å². The number of amidine groups is 1. The first-order chi connectivity index (χ1) is 10.3. The molecule has 1 aromatic rings. The lowest BCUT2D eigenvalue weighted by atomic mass is 9.78. The van der Waals surface area contributed by atoms with E-state index in [1.807, 2.05) is 12.1 Å². The van der Waals surface area contributed by atoms with Gasteiger partial charge in [-0.1, -0.05) is 24.1 Å². The van der Waals surface area contributed by atoms with Crippen LogP contribution in [0.2, 0.25) is 0 Å². The number of aromatic nitrogens is 1. The van der Waals surface area contributed by atoms with Crippen LogP contribution in [0.4, 0.5) is 0 Å². The third-order valence-corrected chi connectivity index (χ3v) is 4.97. The van der Waals surface area contributed by atoms with Crippen LogP contribution in [-0.2, 0) is 6.54 Å². The first-order valence-electron chi connectivity index (χ1n) is 7.95. The van der Waals surface area contributed by atoms with Gasteiger partial charge in [-0.05, 0) is 49.8 Å². The van der Waals surface area contributed by atoms with E-state index in [-0.39, 0.29) is 5.84 Å². The van der Waals surface area contributed by atoms with Gasteiger partial charge in [-0.2, -0.15) is 0 Å². The summed E-state index contributed by atoms with van der Waals surface area (Å²) in [7, 11) is 0. The third kappa shape index (κ3) is 3.02. The minimum atomic E-state index is 0.0998. The number of likely N-dealkylation sites (tertiary alicyclic amines) is 1. The molecule has 5 heteroatoms. The standard InChI is InChI=1S/C16H24N4O/c17-16(19-21)15-13(6-3-9-18-15)11-20-10-4-7-12-5-1-2-8-14(12)20/h3,6,9,12,14,21H,1-2,4-5,7-8,10-11H2,(H2,17,19)/t12-,14-/m1/s1. The molecule has 1 aliphatic heterocycles. The van der Waals surface area contributed by atoms with E-state index in [9.17, 15) is 0 Å². The van der Waals surface area contributed by atoms with Crippen molar-refractivity contribution in [3.8, 4) is 0 Å². The molecule has 5 nitrogen and oxygen atoms in total. The van der Waals surface area contributed by atoms with E-state index in [1.165, 1.54) is 38.5 Å². The van der Waals surface area contributed by atoms with Crippen molar-refractivity contribution >= 4 is 5.84 Å². The molecular weight excluding hydrogens is 264 g/mol. The van der Waals surface area contributed by atoms with Crippen LogP contribution in [0.3, 0.4) is 0 Å². The first-order valence-corrected chi connectivity index (χ1v) is 7.95. The Bertz CT molecular complexity index is 515. The van der Waals surface area contributed by atoms with Gasteiger partial charge in [0.1, 0.15) is 5.69 Å². The van der Waals surface area contributed by atoms with E-state index in [1.54, 1.807) is 6.20 Å². The van der Waals surface area contributed by atoms with Crippen LogP contribution < -0.4 is 5.73 Å². The number of fused-ring (bicyclic) bond motifs is 1. The summed E-state index contributed by atoms with van der Waals surface area (Å²) >= 11 is 0. The van der Waals surface area contributed by atoms with E-state index in [2.05, 4.69) is 15.0 Å². The highest BCUT2D eigenvalue weighted by atomic mass is 16.4. The molecule has 21 heavy (non-hydrogen) atoms. The molecule has 1 saturated heterocycles. The maximum atomic E-state index is 8.92. The summed E-state index contributed by atoms with van der Waals surface area (Å²) in [6.07, 6.45) is 9.76. The Morgan fingerprint density at radius 1 is 1.33 bits per heavy atom. The van der Waals surface area contributed by atoms with E-state index < -0.39 is 0 Å². The monoisotopic (exact) mass is 288 g/mol. The first kappa shape index (κ1) is 14.3. The molecule has 0 amide bonds. The van der Waals surface area contributed by atoms with Crippen molar-refractivity contribution in [1.29, 1.82) is 0 Å². The second kappa shape index (κ2) is 6.43. The molecule has 0 unspecified atom stereocenters. The highest BCUT2D eigenvalue weighted by Crippen LogP contribution is 2.36. The van der Waals surface area contributed by atoms with Gasteiger partial charge in [0, 0.05) is 18.8 Å². The SMILES string of the molecule is N/C(=N/O)c1ncccc1CN1CCC[C@H]2CCCC[C@H]21. The molecule has 3 N–H and O–H groups in total. The molecule has 2 heterocycles. The van der Waals surface area contributed by atoms with Crippen molar-refractivity contribution in [3.63, 3.8) is 0 Å². The summed E-state index contributed by atoms with van der Waals surface area (Å²) in [4.78, 5) is 6.86. The highest BCUT2D eigenvalue weighted by molar-refractivity contribution is 5.96. The average Bonchev–Trinajstić information content (AvgIpc) is 2.55. The quantitative estimate of drug-likeness (QED) is 0.387. The molecule has 2 atom stereocenters. The molecule has 2 aliphatic rings. The van der Waals surface area contributed by atoms with Crippen molar-refractivity contribution in [3.05, 3.63) is 29.6 Å². The molecule has 0 radical (unpaired) electrons. The molecule has 0 bridgehead atoms. The third-order valence-electron chi connectivity index (χ3n) is 4.97. The molecule has 0 spiro atoms. The summed E-state index contributed by atoms with van der Waals surface area (Å²) in [6, 6.07) is 4.66. The Balaban J connectivity index is 1.79. The summed E-state index contributed by atoms with van der Waals surface area (Å²) in [5.41, 5.74) is 7.41. The Kier molecular flexibility index (Phi) is 4.39. The van der Waals surface area contributed by atoms with E-state index in [0.29, 0.717) is 11.7 Å². The second-order valence-electron chi connectivity index (χ2n) is 6.22. The predicted octanol–water partition coefficient (Wildman–Crippen LogP) is 2.33. The number of hydrogen-bond donors (Lipinski definition) is 2. The summed E-state index contributed by atoms with van der Waals surface area (Å²) in [5.74, 6) is 0.958. The number of piperidine rings is 1. The van der Waals surface area contributed by atoms with Gasteiger partial charge < -0.3 is 10.9 Å². The van der Waals surface area contributed by atoms with Gasteiger partial charge in [0.25, 0.3) is 0 Å². The van der Waals surface area contributed by atoms with Gasteiger partial charge in [0.05, 0.1) is 0 Å². The number of rotatable bonds is 3. The van der Waals surface area contributed by atoms with Crippen LogP contribution in [0.25, 0.3) is 0 Å². The Morgan fingerprint density at radius 3 is 3.00 bits per heavy atom. The van der Waals surface area contributed by atoms with Crippen molar-refractivity contribution < 1.29 is 5.21 Å². The molecule has 0 aromatic carbocycles. The maximum Gasteiger partial charge on any atom is 0.189 e. The summed E-state index contributed by atoms with van der Waals surface area (Å²) in [5, 5.41) is 12.0. The normalized spacial score (nSPS) is 27.3. The molecule has 2 fully saturated rings. The molecule has 114 valence electrons. The smallest absolute Gasteiger partial charge is 0.189 e.